The van der Waals surface area contributed by atoms with Crippen LogP contribution in [0.3, 0.4) is 0 Å². The monoisotopic (exact) mass is 518 g/mol. The summed E-state index contributed by atoms with van der Waals surface area (Å²) in [6.07, 6.45) is -2.81. The van der Waals surface area contributed by atoms with Gasteiger partial charge in [0.15, 0.2) is 16.5 Å². The molecule has 3 rings (SSSR count). The first-order valence-electron chi connectivity index (χ1n) is 11.2. The van der Waals surface area contributed by atoms with Gasteiger partial charge in [-0.2, -0.15) is 21.6 Å². The van der Waals surface area contributed by atoms with E-state index in [2.05, 4.69) is 6.92 Å². The molecule has 5 nitrogen and oxygen atoms in total. The third-order valence-corrected chi connectivity index (χ3v) is 7.62. The number of rotatable bonds is 7. The standard InChI is InChI=1S/C22H28F6O5S/c1-12-2-6-14(7-3-12)32-10-16-18(23)17(20(25)21(19(16)24)34(29,30)31)11-33-15-8-4-13(5-9-15)22(26,27)28/h12-15H,2-11H2,1H3,(H,29,30,31). The molecule has 194 valence electrons. The SMILES string of the molecule is CC1CCC(OCc2c(F)c(COC3CCC(C(F)(F)F)CC3)c(F)c(S(=O)(=O)O)c2F)CC1. The van der Waals surface area contributed by atoms with Crippen LogP contribution in [0, 0.1) is 29.3 Å². The molecular formula is C22H28F6O5S. The van der Waals surface area contributed by atoms with Crippen LogP contribution in [-0.4, -0.2) is 31.4 Å². The molecule has 1 aromatic carbocycles. The molecule has 0 aliphatic heterocycles. The summed E-state index contributed by atoms with van der Waals surface area (Å²) in [5.41, 5.74) is -1.78. The summed E-state index contributed by atoms with van der Waals surface area (Å²) in [7, 11) is -5.40. The molecule has 0 amide bonds. The second kappa shape index (κ2) is 10.7. The molecule has 2 aliphatic rings. The highest BCUT2D eigenvalue weighted by molar-refractivity contribution is 7.85. The van der Waals surface area contributed by atoms with Gasteiger partial charge >= 0.3 is 6.18 Å². The fraction of sp³-hybridized carbons (Fsp3) is 0.727. The first-order valence-corrected chi connectivity index (χ1v) is 12.7. The van der Waals surface area contributed by atoms with Gasteiger partial charge in [0.25, 0.3) is 10.1 Å². The van der Waals surface area contributed by atoms with Gasteiger partial charge in [0, 0.05) is 0 Å². The smallest absolute Gasteiger partial charge is 0.373 e. The minimum atomic E-state index is -5.40. The topological polar surface area (TPSA) is 72.8 Å². The molecule has 0 unspecified atom stereocenters. The third kappa shape index (κ3) is 6.44. The lowest BCUT2D eigenvalue weighted by Gasteiger charge is -2.30. The molecule has 0 saturated heterocycles. The zero-order valence-corrected chi connectivity index (χ0v) is 19.5. The molecule has 34 heavy (non-hydrogen) atoms. The van der Waals surface area contributed by atoms with Crippen molar-refractivity contribution in [3.05, 3.63) is 28.6 Å². The van der Waals surface area contributed by atoms with E-state index in [1.54, 1.807) is 0 Å². The summed E-state index contributed by atoms with van der Waals surface area (Å²) in [6.45, 7) is 0.550. The van der Waals surface area contributed by atoms with Crippen LogP contribution < -0.4 is 0 Å². The van der Waals surface area contributed by atoms with Gasteiger partial charge in [-0.25, -0.2) is 13.2 Å². The first-order chi connectivity index (χ1) is 15.8. The molecule has 2 aliphatic carbocycles. The van der Waals surface area contributed by atoms with Crippen molar-refractivity contribution in [3.8, 4) is 0 Å². The Labute approximate surface area is 194 Å². The van der Waals surface area contributed by atoms with Gasteiger partial charge in [0.1, 0.15) is 5.82 Å². The number of alkyl halides is 3. The van der Waals surface area contributed by atoms with E-state index in [4.69, 9.17) is 9.47 Å². The average molecular weight is 519 g/mol. The van der Waals surface area contributed by atoms with Crippen LogP contribution >= 0.6 is 0 Å². The van der Waals surface area contributed by atoms with E-state index in [1.165, 1.54) is 0 Å². The van der Waals surface area contributed by atoms with E-state index in [9.17, 15) is 34.9 Å². The predicted molar refractivity (Wildman–Crippen MR) is 109 cm³/mol. The summed E-state index contributed by atoms with van der Waals surface area (Å²) in [4.78, 5) is -1.70. The molecule has 0 radical (unpaired) electrons. The minimum absolute atomic E-state index is 0.00413. The van der Waals surface area contributed by atoms with Gasteiger partial charge in [-0.3, -0.25) is 4.55 Å². The maximum absolute atomic E-state index is 15.1. The predicted octanol–water partition coefficient (Wildman–Crippen LogP) is 6.08. The number of ether oxygens (including phenoxy) is 2. The molecule has 12 heteroatoms. The van der Waals surface area contributed by atoms with E-state index < -0.39 is 75.0 Å². The maximum atomic E-state index is 15.1. The fourth-order valence-corrected chi connectivity index (χ4v) is 5.28. The molecule has 2 fully saturated rings. The molecular weight excluding hydrogens is 490 g/mol. The Hall–Kier alpha value is -1.37. The van der Waals surface area contributed by atoms with Gasteiger partial charge in [0.05, 0.1) is 42.5 Å². The van der Waals surface area contributed by atoms with Crippen LogP contribution in [0.4, 0.5) is 26.3 Å². The van der Waals surface area contributed by atoms with E-state index in [0.717, 1.165) is 12.8 Å². The Bertz CT molecular complexity index is 965. The normalized spacial score (nSPS) is 26.6. The van der Waals surface area contributed by atoms with Gasteiger partial charge in [-0.15, -0.1) is 0 Å². The van der Waals surface area contributed by atoms with E-state index in [1.807, 2.05) is 0 Å². The van der Waals surface area contributed by atoms with Gasteiger partial charge in [0.2, 0.25) is 0 Å². The zero-order valence-electron chi connectivity index (χ0n) is 18.6. The van der Waals surface area contributed by atoms with Crippen LogP contribution in [0.15, 0.2) is 4.90 Å². The second-order valence-electron chi connectivity index (χ2n) is 9.22. The van der Waals surface area contributed by atoms with Gasteiger partial charge in [-0.1, -0.05) is 6.92 Å². The molecule has 0 bridgehead atoms. The van der Waals surface area contributed by atoms with Crippen LogP contribution in [0.25, 0.3) is 0 Å². The van der Waals surface area contributed by atoms with E-state index in [0.29, 0.717) is 18.8 Å². The Morgan fingerprint density at radius 1 is 0.794 bits per heavy atom. The van der Waals surface area contributed by atoms with Crippen molar-refractivity contribution in [2.24, 2.45) is 11.8 Å². The minimum Gasteiger partial charge on any atom is -0.373 e. The van der Waals surface area contributed by atoms with Crippen LogP contribution in [0.1, 0.15) is 69.4 Å². The lowest BCUT2D eigenvalue weighted by atomic mass is 9.87. The van der Waals surface area contributed by atoms with E-state index >= 15 is 4.39 Å². The van der Waals surface area contributed by atoms with Crippen LogP contribution in [0.2, 0.25) is 0 Å². The summed E-state index contributed by atoms with van der Waals surface area (Å²) >= 11 is 0. The highest BCUT2D eigenvalue weighted by Crippen LogP contribution is 2.39. The summed E-state index contributed by atoms with van der Waals surface area (Å²) in [6, 6.07) is 0. The number of halogens is 6. The highest BCUT2D eigenvalue weighted by Gasteiger charge is 2.41. The molecule has 0 spiro atoms. The van der Waals surface area contributed by atoms with E-state index in [-0.39, 0.29) is 31.8 Å². The highest BCUT2D eigenvalue weighted by atomic mass is 32.2. The van der Waals surface area contributed by atoms with Crippen molar-refractivity contribution in [2.45, 2.75) is 94.8 Å². The van der Waals surface area contributed by atoms with Gasteiger partial charge < -0.3 is 9.47 Å². The van der Waals surface area contributed by atoms with Gasteiger partial charge in [-0.05, 0) is 57.3 Å². The summed E-state index contributed by atoms with van der Waals surface area (Å²) < 4.78 is 127. The quantitative estimate of drug-likeness (QED) is 0.350. The third-order valence-electron chi connectivity index (χ3n) is 6.74. The molecule has 2 saturated carbocycles. The lowest BCUT2D eigenvalue weighted by Crippen LogP contribution is -2.30. The largest absolute Gasteiger partial charge is 0.391 e. The average Bonchev–Trinajstić information content (AvgIpc) is 2.73. The molecule has 0 heterocycles. The van der Waals surface area contributed by atoms with Crippen LogP contribution in [0.5, 0.6) is 0 Å². The maximum Gasteiger partial charge on any atom is 0.391 e. The summed E-state index contributed by atoms with van der Waals surface area (Å²) in [5, 5.41) is 0. The Morgan fingerprint density at radius 3 is 1.59 bits per heavy atom. The Kier molecular flexibility index (Phi) is 8.58. The molecule has 1 aromatic rings. The first kappa shape index (κ1) is 27.2. The van der Waals surface area contributed by atoms with Crippen molar-refractivity contribution >= 4 is 10.1 Å². The Morgan fingerprint density at radius 2 is 1.21 bits per heavy atom. The van der Waals surface area contributed by atoms with Crippen molar-refractivity contribution in [3.63, 3.8) is 0 Å². The van der Waals surface area contributed by atoms with Crippen LogP contribution in [-0.2, 0) is 32.8 Å². The lowest BCUT2D eigenvalue weighted by molar-refractivity contribution is -0.188. The van der Waals surface area contributed by atoms with Crippen molar-refractivity contribution < 1.29 is 48.8 Å². The number of hydrogen-bond acceptors (Lipinski definition) is 4. The Balaban J connectivity index is 1.79. The van der Waals surface area contributed by atoms with Crippen molar-refractivity contribution in [2.75, 3.05) is 0 Å². The summed E-state index contributed by atoms with van der Waals surface area (Å²) in [5.74, 6) is -6.02. The van der Waals surface area contributed by atoms with Crippen molar-refractivity contribution in [1.82, 2.24) is 0 Å². The molecule has 0 atom stereocenters. The number of benzene rings is 1. The molecule has 1 N–H and O–H groups in total. The second-order valence-corrected chi connectivity index (χ2v) is 10.6. The molecule has 0 aromatic heterocycles. The number of hydrogen-bond donors (Lipinski definition) is 1. The van der Waals surface area contributed by atoms with Crippen molar-refractivity contribution in [1.29, 1.82) is 0 Å². The fourth-order valence-electron chi connectivity index (χ4n) is 4.58. The zero-order chi connectivity index (χ0) is 25.3.